The van der Waals surface area contributed by atoms with Crippen molar-refractivity contribution in [3.63, 3.8) is 0 Å². The molecular weight excluding hydrogens is 424 g/mol. The Balaban J connectivity index is 1.27. The molecule has 0 saturated carbocycles. The van der Waals surface area contributed by atoms with Crippen molar-refractivity contribution in [3.05, 3.63) is 64.7 Å². The summed E-state index contributed by atoms with van der Waals surface area (Å²) in [6.07, 6.45) is 1.73. The standard InChI is InChI=1S/C24H26N4O3S/c1-16-10-11-17(2)20(13-16)28-15-18(14-22(28)29)23(30)25-24-27-26-21(32-24)9-6-12-31-19-7-4-3-5-8-19/h3-5,7-8,10-11,13,18H,6,9,12,14-15H2,1-2H3,(H,25,27,30). The highest BCUT2D eigenvalue weighted by Crippen LogP contribution is 2.29. The Kier molecular flexibility index (Phi) is 6.80. The van der Waals surface area contributed by atoms with Crippen LogP contribution in [0.1, 0.15) is 29.0 Å². The fourth-order valence-corrected chi connectivity index (χ4v) is 4.45. The third kappa shape index (κ3) is 5.31. The summed E-state index contributed by atoms with van der Waals surface area (Å²) >= 11 is 1.36. The van der Waals surface area contributed by atoms with Gasteiger partial charge in [0.25, 0.3) is 0 Å². The van der Waals surface area contributed by atoms with Crippen molar-refractivity contribution in [1.82, 2.24) is 10.2 Å². The predicted molar refractivity (Wildman–Crippen MR) is 125 cm³/mol. The molecule has 1 N–H and O–H groups in total. The molecule has 0 aliphatic carbocycles. The molecule has 0 bridgehead atoms. The number of ether oxygens (including phenoxy) is 1. The highest BCUT2D eigenvalue weighted by molar-refractivity contribution is 7.15. The SMILES string of the molecule is Cc1ccc(C)c(N2CC(C(=O)Nc3nnc(CCCOc4ccccc4)s3)CC2=O)c1. The number of amides is 2. The summed E-state index contributed by atoms with van der Waals surface area (Å²) in [4.78, 5) is 27.0. The van der Waals surface area contributed by atoms with Gasteiger partial charge in [0.05, 0.1) is 12.5 Å². The van der Waals surface area contributed by atoms with Gasteiger partial charge >= 0.3 is 0 Å². The molecule has 0 radical (unpaired) electrons. The Morgan fingerprint density at radius 3 is 2.81 bits per heavy atom. The number of hydrogen-bond donors (Lipinski definition) is 1. The van der Waals surface area contributed by atoms with Gasteiger partial charge in [-0.05, 0) is 49.6 Å². The largest absolute Gasteiger partial charge is 0.494 e. The van der Waals surface area contributed by atoms with E-state index in [1.165, 1.54) is 11.3 Å². The van der Waals surface area contributed by atoms with Gasteiger partial charge in [-0.15, -0.1) is 10.2 Å². The van der Waals surface area contributed by atoms with E-state index in [1.54, 1.807) is 4.90 Å². The molecule has 1 saturated heterocycles. The third-order valence-corrected chi connectivity index (χ3v) is 6.29. The molecule has 2 aromatic carbocycles. The van der Waals surface area contributed by atoms with E-state index in [0.717, 1.165) is 40.4 Å². The van der Waals surface area contributed by atoms with E-state index in [9.17, 15) is 9.59 Å². The van der Waals surface area contributed by atoms with Crippen molar-refractivity contribution in [3.8, 4) is 5.75 Å². The smallest absolute Gasteiger partial charge is 0.231 e. The lowest BCUT2D eigenvalue weighted by molar-refractivity contribution is -0.122. The summed E-state index contributed by atoms with van der Waals surface area (Å²) in [7, 11) is 0. The first kappa shape index (κ1) is 22.0. The number of aryl methyl sites for hydroxylation is 3. The van der Waals surface area contributed by atoms with Gasteiger partial charge in [0, 0.05) is 25.1 Å². The van der Waals surface area contributed by atoms with Gasteiger partial charge in [-0.1, -0.05) is 41.7 Å². The minimum Gasteiger partial charge on any atom is -0.494 e. The monoisotopic (exact) mass is 450 g/mol. The highest BCUT2D eigenvalue weighted by atomic mass is 32.1. The summed E-state index contributed by atoms with van der Waals surface area (Å²) in [6.45, 7) is 4.93. The second-order valence-corrected chi connectivity index (χ2v) is 9.01. The Morgan fingerprint density at radius 2 is 2.00 bits per heavy atom. The number of nitrogens with one attached hydrogen (secondary N) is 1. The van der Waals surface area contributed by atoms with Gasteiger partial charge in [0.15, 0.2) is 0 Å². The minimum absolute atomic E-state index is 0.0322. The average Bonchev–Trinajstić information content (AvgIpc) is 3.40. The first-order valence-electron chi connectivity index (χ1n) is 10.7. The van der Waals surface area contributed by atoms with E-state index in [2.05, 4.69) is 15.5 Å². The molecule has 4 rings (SSSR count). The predicted octanol–water partition coefficient (Wildman–Crippen LogP) is 4.16. The van der Waals surface area contributed by atoms with Gasteiger partial charge in [-0.2, -0.15) is 0 Å². The molecule has 3 aromatic rings. The number of rotatable bonds is 8. The van der Waals surface area contributed by atoms with Crippen LogP contribution in [0.4, 0.5) is 10.8 Å². The zero-order valence-corrected chi connectivity index (χ0v) is 19.0. The van der Waals surface area contributed by atoms with Crippen molar-refractivity contribution in [2.45, 2.75) is 33.1 Å². The molecule has 2 heterocycles. The van der Waals surface area contributed by atoms with Crippen LogP contribution in [0.5, 0.6) is 5.75 Å². The highest BCUT2D eigenvalue weighted by Gasteiger charge is 2.36. The Bertz CT molecular complexity index is 1100. The van der Waals surface area contributed by atoms with Crippen LogP contribution >= 0.6 is 11.3 Å². The van der Waals surface area contributed by atoms with E-state index in [0.29, 0.717) is 18.3 Å². The van der Waals surface area contributed by atoms with Crippen LogP contribution in [0, 0.1) is 19.8 Å². The minimum atomic E-state index is -0.408. The molecule has 8 heteroatoms. The van der Waals surface area contributed by atoms with Crippen LogP contribution in [-0.4, -0.2) is 35.2 Å². The number of nitrogens with zero attached hydrogens (tertiary/aromatic N) is 3. The molecule has 32 heavy (non-hydrogen) atoms. The number of benzene rings is 2. The van der Waals surface area contributed by atoms with Crippen molar-refractivity contribution in [2.75, 3.05) is 23.4 Å². The van der Waals surface area contributed by atoms with Crippen molar-refractivity contribution in [2.24, 2.45) is 5.92 Å². The number of carbonyl (C=O) groups is 2. The Labute approximate surface area is 191 Å². The zero-order chi connectivity index (χ0) is 22.5. The zero-order valence-electron chi connectivity index (χ0n) is 18.2. The van der Waals surface area contributed by atoms with E-state index in [1.807, 2.05) is 62.4 Å². The number of anilines is 2. The summed E-state index contributed by atoms with van der Waals surface area (Å²) in [5, 5.41) is 12.4. The first-order chi connectivity index (χ1) is 15.5. The normalized spacial score (nSPS) is 15.8. The average molecular weight is 451 g/mol. The molecule has 0 spiro atoms. The fraction of sp³-hybridized carbons (Fsp3) is 0.333. The maximum atomic E-state index is 12.7. The summed E-state index contributed by atoms with van der Waals surface area (Å²) < 4.78 is 5.69. The van der Waals surface area contributed by atoms with Gasteiger partial charge < -0.3 is 15.0 Å². The summed E-state index contributed by atoms with van der Waals surface area (Å²) in [6, 6.07) is 15.7. The lowest BCUT2D eigenvalue weighted by Crippen LogP contribution is -2.28. The first-order valence-corrected chi connectivity index (χ1v) is 11.5. The van der Waals surface area contributed by atoms with Crippen LogP contribution in [0.2, 0.25) is 0 Å². The van der Waals surface area contributed by atoms with Gasteiger partial charge in [0.1, 0.15) is 10.8 Å². The summed E-state index contributed by atoms with van der Waals surface area (Å²) in [5.41, 5.74) is 2.98. The Morgan fingerprint density at radius 1 is 1.19 bits per heavy atom. The second kappa shape index (κ2) is 9.91. The Hall–Kier alpha value is -3.26. The molecule has 2 amide bonds. The lowest BCUT2D eigenvalue weighted by Gasteiger charge is -2.19. The van der Waals surface area contributed by atoms with Gasteiger partial charge in [-0.3, -0.25) is 9.59 Å². The quantitative estimate of drug-likeness (QED) is 0.521. The molecular formula is C24H26N4O3S. The van der Waals surface area contributed by atoms with Crippen molar-refractivity contribution in [1.29, 1.82) is 0 Å². The molecule has 7 nitrogen and oxygen atoms in total. The number of carbonyl (C=O) groups excluding carboxylic acids is 2. The van der Waals surface area contributed by atoms with Crippen LogP contribution in [-0.2, 0) is 16.0 Å². The molecule has 1 unspecified atom stereocenters. The molecule has 166 valence electrons. The fourth-order valence-electron chi connectivity index (χ4n) is 3.67. The van der Waals surface area contributed by atoms with Crippen molar-refractivity contribution < 1.29 is 14.3 Å². The van der Waals surface area contributed by atoms with Crippen LogP contribution in [0.15, 0.2) is 48.5 Å². The number of hydrogen-bond acceptors (Lipinski definition) is 6. The maximum absolute atomic E-state index is 12.7. The van der Waals surface area contributed by atoms with E-state index in [4.69, 9.17) is 4.74 Å². The number of para-hydroxylation sites is 1. The number of aromatic nitrogens is 2. The van der Waals surface area contributed by atoms with Crippen LogP contribution < -0.4 is 15.0 Å². The molecule has 1 aliphatic rings. The van der Waals surface area contributed by atoms with Crippen LogP contribution in [0.25, 0.3) is 0 Å². The molecule has 1 aliphatic heterocycles. The van der Waals surface area contributed by atoms with Gasteiger partial charge in [0.2, 0.25) is 16.9 Å². The molecule has 1 atom stereocenters. The third-order valence-electron chi connectivity index (χ3n) is 5.40. The van der Waals surface area contributed by atoms with Crippen LogP contribution in [0.3, 0.4) is 0 Å². The lowest BCUT2D eigenvalue weighted by atomic mass is 10.1. The van der Waals surface area contributed by atoms with Crippen molar-refractivity contribution >= 4 is 34.0 Å². The molecule has 1 aromatic heterocycles. The second-order valence-electron chi connectivity index (χ2n) is 7.95. The summed E-state index contributed by atoms with van der Waals surface area (Å²) in [5.74, 6) is 0.212. The van der Waals surface area contributed by atoms with E-state index in [-0.39, 0.29) is 18.2 Å². The molecule has 1 fully saturated rings. The van der Waals surface area contributed by atoms with E-state index >= 15 is 0 Å². The van der Waals surface area contributed by atoms with Gasteiger partial charge in [-0.25, -0.2) is 0 Å². The van der Waals surface area contributed by atoms with E-state index < -0.39 is 5.92 Å². The maximum Gasteiger partial charge on any atom is 0.231 e. The topological polar surface area (TPSA) is 84.4 Å².